The van der Waals surface area contributed by atoms with Gasteiger partial charge in [-0.3, -0.25) is 4.90 Å². The predicted octanol–water partition coefficient (Wildman–Crippen LogP) is 3.54. The number of hydrogen-bond donors (Lipinski definition) is 1. The third kappa shape index (κ3) is 5.43. The molecule has 3 aliphatic rings. The fourth-order valence-electron chi connectivity index (χ4n) is 5.09. The van der Waals surface area contributed by atoms with Gasteiger partial charge in [0.25, 0.3) is 0 Å². The van der Waals surface area contributed by atoms with Gasteiger partial charge in [-0.25, -0.2) is 23.7 Å². The van der Waals surface area contributed by atoms with Crippen LogP contribution >= 0.6 is 0 Å². The lowest BCUT2D eigenvalue weighted by Gasteiger charge is -2.32. The lowest BCUT2D eigenvalue weighted by Crippen LogP contribution is -2.44. The van der Waals surface area contributed by atoms with Gasteiger partial charge in [0.1, 0.15) is 11.6 Å². The second-order valence-corrected chi connectivity index (χ2v) is 9.29. The second-order valence-electron chi connectivity index (χ2n) is 9.29. The lowest BCUT2D eigenvalue weighted by atomic mass is 10.1. The molecule has 35 heavy (non-hydrogen) atoms. The molecule has 0 radical (unpaired) electrons. The van der Waals surface area contributed by atoms with E-state index in [1.54, 1.807) is 6.07 Å². The fourth-order valence-corrected chi connectivity index (χ4v) is 5.09. The van der Waals surface area contributed by atoms with Crippen LogP contribution in [0.1, 0.15) is 37.4 Å². The third-order valence-electron chi connectivity index (χ3n) is 6.94. The Morgan fingerprint density at radius 3 is 2.63 bits per heavy atom. The highest BCUT2D eigenvalue weighted by atomic mass is 19.3. The zero-order valence-corrected chi connectivity index (χ0v) is 19.2. The molecule has 2 aromatic heterocycles. The Hall–Kier alpha value is -2.73. The van der Waals surface area contributed by atoms with E-state index >= 15 is 0 Å². The molecule has 3 fully saturated rings. The number of hydrogen-bond acceptors (Lipinski definition) is 8. The minimum absolute atomic E-state index is 0.174. The van der Waals surface area contributed by atoms with Crippen molar-refractivity contribution >= 4 is 11.6 Å². The maximum absolute atomic E-state index is 14.0. The molecule has 190 valence electrons. The molecule has 2 N–H and O–H groups in total. The molecule has 0 spiro atoms. The van der Waals surface area contributed by atoms with E-state index in [-0.39, 0.29) is 30.8 Å². The molecule has 5 rings (SSSR count). The molecule has 12 heteroatoms. The second kappa shape index (κ2) is 9.73. The van der Waals surface area contributed by atoms with Crippen molar-refractivity contribution in [1.29, 1.82) is 0 Å². The Morgan fingerprint density at radius 1 is 1.11 bits per heavy atom. The van der Waals surface area contributed by atoms with Crippen LogP contribution in [0.15, 0.2) is 18.3 Å². The summed E-state index contributed by atoms with van der Waals surface area (Å²) in [4.78, 5) is 17.8. The molecule has 1 saturated carbocycles. The van der Waals surface area contributed by atoms with Gasteiger partial charge in [-0.2, -0.15) is 8.78 Å². The number of nitrogens with two attached hydrogens (primary N) is 1. The van der Waals surface area contributed by atoms with E-state index in [9.17, 15) is 17.6 Å². The largest absolute Gasteiger partial charge is 0.431 e. The first-order chi connectivity index (χ1) is 16.8. The first kappa shape index (κ1) is 24.0. The molecule has 1 aliphatic carbocycles. The third-order valence-corrected chi connectivity index (χ3v) is 6.94. The Morgan fingerprint density at radius 2 is 1.91 bits per heavy atom. The highest BCUT2D eigenvalue weighted by Gasteiger charge is 2.41. The van der Waals surface area contributed by atoms with Crippen molar-refractivity contribution in [2.24, 2.45) is 0 Å². The minimum atomic E-state index is -3.06. The van der Waals surface area contributed by atoms with Crippen LogP contribution < -0.4 is 15.4 Å². The molecule has 0 bridgehead atoms. The van der Waals surface area contributed by atoms with Gasteiger partial charge in [0.15, 0.2) is 11.6 Å². The summed E-state index contributed by atoms with van der Waals surface area (Å²) in [6.45, 7) is 1.62. The van der Waals surface area contributed by atoms with Crippen LogP contribution in [-0.2, 0) is 4.74 Å². The van der Waals surface area contributed by atoms with Gasteiger partial charge in [-0.1, -0.05) is 0 Å². The van der Waals surface area contributed by atoms with E-state index in [2.05, 4.69) is 24.5 Å². The maximum atomic E-state index is 14.0. The summed E-state index contributed by atoms with van der Waals surface area (Å²) in [5.74, 6) is -2.71. The summed E-state index contributed by atoms with van der Waals surface area (Å²) in [5, 5.41) is 0. The quantitative estimate of drug-likeness (QED) is 0.608. The number of halogens is 4. The fraction of sp³-hybridized carbons (Fsp3) is 0.609. The summed E-state index contributed by atoms with van der Waals surface area (Å²) >= 11 is 0. The van der Waals surface area contributed by atoms with E-state index in [1.807, 2.05) is 0 Å². The van der Waals surface area contributed by atoms with Gasteiger partial charge >= 0.3 is 6.61 Å². The van der Waals surface area contributed by atoms with E-state index in [0.29, 0.717) is 42.2 Å². The highest BCUT2D eigenvalue weighted by molar-refractivity contribution is 5.66. The molecular formula is C23H28F4N6O2. The van der Waals surface area contributed by atoms with E-state index in [0.717, 1.165) is 32.6 Å². The zero-order valence-electron chi connectivity index (χ0n) is 19.2. The van der Waals surface area contributed by atoms with Crippen molar-refractivity contribution in [2.45, 2.75) is 50.2 Å². The average molecular weight is 497 g/mol. The van der Waals surface area contributed by atoms with Crippen molar-refractivity contribution in [3.05, 3.63) is 24.2 Å². The molecule has 0 amide bonds. The predicted molar refractivity (Wildman–Crippen MR) is 121 cm³/mol. The SMILES string of the molecule is Nc1ncc(-c2cc(N3CCC(N4CCOCC4)C3)nc(C3CCC(F)(F)C3)n2)cc1OC(F)F. The van der Waals surface area contributed by atoms with Crippen LogP contribution in [0.25, 0.3) is 11.3 Å². The normalized spacial score (nSPS) is 24.9. The van der Waals surface area contributed by atoms with Crippen LogP contribution in [0.3, 0.4) is 0 Å². The van der Waals surface area contributed by atoms with Crippen molar-refractivity contribution in [2.75, 3.05) is 50.0 Å². The summed E-state index contributed by atoms with van der Waals surface area (Å²) in [5.41, 5.74) is 6.48. The summed E-state index contributed by atoms with van der Waals surface area (Å²) in [6.07, 6.45) is 2.12. The van der Waals surface area contributed by atoms with Gasteiger partial charge in [0, 0.05) is 68.8 Å². The van der Waals surface area contributed by atoms with Gasteiger partial charge < -0.3 is 20.1 Å². The molecule has 2 aromatic rings. The molecule has 2 atom stereocenters. The molecule has 4 heterocycles. The highest BCUT2D eigenvalue weighted by Crippen LogP contribution is 2.44. The van der Waals surface area contributed by atoms with Crippen LogP contribution in [0, 0.1) is 0 Å². The van der Waals surface area contributed by atoms with Crippen molar-refractivity contribution in [3.8, 4) is 17.0 Å². The number of anilines is 2. The summed E-state index contributed by atoms with van der Waals surface area (Å²) < 4.78 is 63.5. The maximum Gasteiger partial charge on any atom is 0.387 e. The van der Waals surface area contributed by atoms with Gasteiger partial charge in [-0.05, 0) is 18.9 Å². The van der Waals surface area contributed by atoms with Crippen LogP contribution in [0.5, 0.6) is 5.75 Å². The number of pyridine rings is 1. The number of ether oxygens (including phenoxy) is 2. The first-order valence-corrected chi connectivity index (χ1v) is 11.8. The lowest BCUT2D eigenvalue weighted by molar-refractivity contribution is -0.0494. The van der Waals surface area contributed by atoms with Crippen LogP contribution in [0.2, 0.25) is 0 Å². The molecular weight excluding hydrogens is 468 g/mol. The Bertz CT molecular complexity index is 1050. The zero-order chi connectivity index (χ0) is 24.6. The molecule has 2 aliphatic heterocycles. The van der Waals surface area contributed by atoms with E-state index in [4.69, 9.17) is 15.5 Å². The van der Waals surface area contributed by atoms with Gasteiger partial charge in [-0.15, -0.1) is 0 Å². The molecule has 0 aromatic carbocycles. The average Bonchev–Trinajstić information content (AvgIpc) is 3.47. The topological polar surface area (TPSA) is 89.6 Å². The first-order valence-electron chi connectivity index (χ1n) is 11.8. The smallest absolute Gasteiger partial charge is 0.387 e. The summed E-state index contributed by atoms with van der Waals surface area (Å²) in [7, 11) is 0. The van der Waals surface area contributed by atoms with Gasteiger partial charge in [0.2, 0.25) is 5.92 Å². The molecule has 8 nitrogen and oxygen atoms in total. The number of rotatable bonds is 6. The minimum Gasteiger partial charge on any atom is -0.431 e. The monoisotopic (exact) mass is 496 g/mol. The molecule has 2 saturated heterocycles. The Kier molecular flexibility index (Phi) is 6.67. The van der Waals surface area contributed by atoms with Gasteiger partial charge in [0.05, 0.1) is 18.9 Å². The Labute approximate surface area is 200 Å². The standard InChI is InChI=1S/C23H28F4N6O2/c24-22(25)35-18-9-15(12-29-20(18)28)17-10-19(31-21(30-17)14-1-3-23(26,27)11-14)33-4-2-16(13-33)32-5-7-34-8-6-32/h9-10,12,14,16,22H,1-8,11,13H2,(H2,28,29). The number of aromatic nitrogens is 3. The number of nitrogens with zero attached hydrogens (tertiary/aromatic N) is 5. The van der Waals surface area contributed by atoms with E-state index in [1.165, 1.54) is 12.3 Å². The van der Waals surface area contributed by atoms with Crippen molar-refractivity contribution < 1.29 is 27.0 Å². The Balaban J connectivity index is 1.47. The van der Waals surface area contributed by atoms with Crippen LogP contribution in [0.4, 0.5) is 29.2 Å². The molecule has 2 unspecified atom stereocenters. The van der Waals surface area contributed by atoms with Crippen LogP contribution in [-0.4, -0.2) is 77.8 Å². The number of nitrogen functional groups attached to an aromatic ring is 1. The number of morpholine rings is 1. The number of alkyl halides is 4. The van der Waals surface area contributed by atoms with E-state index < -0.39 is 18.5 Å². The summed E-state index contributed by atoms with van der Waals surface area (Å²) in [6, 6.07) is 3.44. The van der Waals surface area contributed by atoms with Crippen molar-refractivity contribution in [1.82, 2.24) is 19.9 Å². The van der Waals surface area contributed by atoms with Crippen molar-refractivity contribution in [3.63, 3.8) is 0 Å².